The van der Waals surface area contributed by atoms with Crippen LogP contribution in [0.4, 0.5) is 5.69 Å². The van der Waals surface area contributed by atoms with Gasteiger partial charge in [0.2, 0.25) is 0 Å². The summed E-state index contributed by atoms with van der Waals surface area (Å²) in [5.74, 6) is -0.326. The van der Waals surface area contributed by atoms with Crippen molar-refractivity contribution in [3.8, 4) is 17.6 Å². The fraction of sp³-hybridized carbons (Fsp3) is 0.0870. The van der Waals surface area contributed by atoms with Gasteiger partial charge in [0.1, 0.15) is 23.1 Å². The zero-order chi connectivity index (χ0) is 20.6. The van der Waals surface area contributed by atoms with Crippen LogP contribution in [-0.2, 0) is 9.53 Å². The number of amides is 1. The summed E-state index contributed by atoms with van der Waals surface area (Å²) in [5, 5.41) is 11.7. The molecule has 6 nitrogen and oxygen atoms in total. The molecule has 0 unspecified atom stereocenters. The lowest BCUT2D eigenvalue weighted by Crippen LogP contribution is -2.30. The molecule has 1 atom stereocenters. The monoisotopic (exact) mass is 386 g/mol. The van der Waals surface area contributed by atoms with Crippen LogP contribution in [0.15, 0.2) is 78.9 Å². The maximum Gasteiger partial charge on any atom is 0.342 e. The van der Waals surface area contributed by atoms with Crippen molar-refractivity contribution < 1.29 is 19.1 Å². The number of nitriles is 1. The third-order valence-electron chi connectivity index (χ3n) is 4.04. The number of carbonyl (C=O) groups is 2. The first-order valence-electron chi connectivity index (χ1n) is 8.91. The van der Waals surface area contributed by atoms with Crippen LogP contribution >= 0.6 is 0 Å². The van der Waals surface area contributed by atoms with Gasteiger partial charge in [-0.1, -0.05) is 42.5 Å². The van der Waals surface area contributed by atoms with Crippen molar-refractivity contribution in [2.24, 2.45) is 0 Å². The average Bonchev–Trinajstić information content (AvgIpc) is 2.75. The number of carbonyl (C=O) groups excluding carboxylic acids is 2. The second-order valence-corrected chi connectivity index (χ2v) is 6.11. The van der Waals surface area contributed by atoms with Crippen LogP contribution in [0.1, 0.15) is 22.8 Å². The Labute approximate surface area is 168 Å². The smallest absolute Gasteiger partial charge is 0.342 e. The zero-order valence-electron chi connectivity index (χ0n) is 15.7. The molecule has 3 aromatic rings. The number of benzene rings is 3. The number of hydrogen-bond acceptors (Lipinski definition) is 5. The van der Waals surface area contributed by atoms with E-state index in [2.05, 4.69) is 5.32 Å². The number of ether oxygens (including phenoxy) is 2. The van der Waals surface area contributed by atoms with Crippen molar-refractivity contribution >= 4 is 17.6 Å². The lowest BCUT2D eigenvalue weighted by Gasteiger charge is -2.15. The molecule has 0 saturated carbocycles. The highest BCUT2D eigenvalue weighted by Crippen LogP contribution is 2.26. The Morgan fingerprint density at radius 3 is 2.34 bits per heavy atom. The standard InChI is InChI=1S/C23H18N2O4/c1-16(22(26)25-20-13-7-5-9-17(20)15-24)28-23(27)19-12-6-8-14-21(19)29-18-10-3-2-4-11-18/h2-14,16H,1H3,(H,25,26)/t16-/m0/s1. The molecule has 1 N–H and O–H groups in total. The summed E-state index contributed by atoms with van der Waals surface area (Å²) in [5.41, 5.74) is 0.880. The minimum absolute atomic E-state index is 0.202. The van der Waals surface area contributed by atoms with Gasteiger partial charge in [0.05, 0.1) is 11.3 Å². The molecule has 0 fully saturated rings. The molecule has 3 aromatic carbocycles. The third kappa shape index (κ3) is 4.99. The Morgan fingerprint density at radius 2 is 1.59 bits per heavy atom. The van der Waals surface area contributed by atoms with Crippen LogP contribution in [0, 0.1) is 11.3 Å². The fourth-order valence-electron chi connectivity index (χ4n) is 2.54. The van der Waals surface area contributed by atoms with Crippen LogP contribution < -0.4 is 10.1 Å². The zero-order valence-corrected chi connectivity index (χ0v) is 15.7. The number of hydrogen-bond donors (Lipinski definition) is 1. The molecule has 144 valence electrons. The molecule has 0 aliphatic carbocycles. The van der Waals surface area contributed by atoms with Crippen molar-refractivity contribution in [2.75, 3.05) is 5.32 Å². The van der Waals surface area contributed by atoms with Gasteiger partial charge >= 0.3 is 5.97 Å². The summed E-state index contributed by atoms with van der Waals surface area (Å²) in [6, 6.07) is 24.3. The maximum absolute atomic E-state index is 12.6. The largest absolute Gasteiger partial charge is 0.456 e. The lowest BCUT2D eigenvalue weighted by molar-refractivity contribution is -0.123. The van der Waals surface area contributed by atoms with Crippen molar-refractivity contribution in [3.63, 3.8) is 0 Å². The second-order valence-electron chi connectivity index (χ2n) is 6.11. The summed E-state index contributed by atoms with van der Waals surface area (Å²) in [6.45, 7) is 1.46. The number of para-hydroxylation sites is 3. The molecule has 1 amide bonds. The topological polar surface area (TPSA) is 88.4 Å². The first-order valence-corrected chi connectivity index (χ1v) is 8.91. The van der Waals surface area contributed by atoms with E-state index in [1.165, 1.54) is 6.92 Å². The molecule has 29 heavy (non-hydrogen) atoms. The van der Waals surface area contributed by atoms with E-state index in [9.17, 15) is 9.59 Å². The fourth-order valence-corrected chi connectivity index (χ4v) is 2.54. The van der Waals surface area contributed by atoms with E-state index >= 15 is 0 Å². The molecule has 0 saturated heterocycles. The van der Waals surface area contributed by atoms with Crippen LogP contribution in [0.2, 0.25) is 0 Å². The Hall–Kier alpha value is -4.11. The minimum Gasteiger partial charge on any atom is -0.456 e. The second kappa shape index (κ2) is 9.20. The third-order valence-corrected chi connectivity index (χ3v) is 4.04. The van der Waals surface area contributed by atoms with E-state index in [1.54, 1.807) is 60.7 Å². The Kier molecular flexibility index (Phi) is 6.23. The number of rotatable bonds is 6. The van der Waals surface area contributed by atoms with E-state index in [4.69, 9.17) is 14.7 Å². The summed E-state index contributed by atoms with van der Waals surface area (Å²) in [7, 11) is 0. The normalized spacial score (nSPS) is 11.0. The maximum atomic E-state index is 12.6. The van der Waals surface area contributed by atoms with Crippen LogP contribution in [0.3, 0.4) is 0 Å². The lowest BCUT2D eigenvalue weighted by atomic mass is 10.2. The van der Waals surface area contributed by atoms with Gasteiger partial charge in [0.15, 0.2) is 6.10 Å². The Morgan fingerprint density at radius 1 is 0.931 bits per heavy atom. The minimum atomic E-state index is -1.07. The molecule has 0 heterocycles. The van der Waals surface area contributed by atoms with Gasteiger partial charge in [-0.2, -0.15) is 5.26 Å². The Bertz CT molecular complexity index is 1060. The number of nitrogens with zero attached hydrogens (tertiary/aromatic N) is 1. The van der Waals surface area contributed by atoms with Gasteiger partial charge in [0, 0.05) is 0 Å². The predicted octanol–water partition coefficient (Wildman–Crippen LogP) is 4.53. The van der Waals surface area contributed by atoms with E-state index in [-0.39, 0.29) is 5.56 Å². The van der Waals surface area contributed by atoms with Gasteiger partial charge in [0.25, 0.3) is 5.91 Å². The van der Waals surface area contributed by atoms with E-state index < -0.39 is 18.0 Å². The predicted molar refractivity (Wildman–Crippen MR) is 108 cm³/mol. The molecular weight excluding hydrogens is 368 g/mol. The molecule has 0 radical (unpaired) electrons. The molecular formula is C23H18N2O4. The molecule has 0 aromatic heterocycles. The molecule has 0 aliphatic rings. The first-order chi connectivity index (χ1) is 14.1. The average molecular weight is 386 g/mol. The summed E-state index contributed by atoms with van der Waals surface area (Å²) < 4.78 is 11.1. The molecule has 3 rings (SSSR count). The number of esters is 1. The summed E-state index contributed by atoms with van der Waals surface area (Å²) in [6.07, 6.45) is -1.07. The van der Waals surface area contributed by atoms with Gasteiger partial charge in [-0.3, -0.25) is 4.79 Å². The van der Waals surface area contributed by atoms with Crippen molar-refractivity contribution in [3.05, 3.63) is 90.0 Å². The van der Waals surface area contributed by atoms with Crippen molar-refractivity contribution in [1.29, 1.82) is 5.26 Å². The SMILES string of the molecule is C[C@H](OC(=O)c1ccccc1Oc1ccccc1)C(=O)Nc1ccccc1C#N. The molecule has 0 bridgehead atoms. The van der Waals surface area contributed by atoms with E-state index in [0.29, 0.717) is 22.7 Å². The molecule has 6 heteroatoms. The molecule has 0 spiro atoms. The van der Waals surface area contributed by atoms with Gasteiger partial charge in [-0.05, 0) is 43.3 Å². The van der Waals surface area contributed by atoms with Gasteiger partial charge in [-0.15, -0.1) is 0 Å². The van der Waals surface area contributed by atoms with E-state index in [1.807, 2.05) is 24.3 Å². The highest BCUT2D eigenvalue weighted by atomic mass is 16.5. The highest BCUT2D eigenvalue weighted by Gasteiger charge is 2.22. The molecule has 0 aliphatic heterocycles. The highest BCUT2D eigenvalue weighted by molar-refractivity contribution is 5.99. The van der Waals surface area contributed by atoms with Crippen LogP contribution in [-0.4, -0.2) is 18.0 Å². The van der Waals surface area contributed by atoms with E-state index in [0.717, 1.165) is 0 Å². The summed E-state index contributed by atoms with van der Waals surface area (Å²) in [4.78, 5) is 25.0. The number of anilines is 1. The van der Waals surface area contributed by atoms with Crippen molar-refractivity contribution in [2.45, 2.75) is 13.0 Å². The number of nitrogens with one attached hydrogen (secondary N) is 1. The van der Waals surface area contributed by atoms with Gasteiger partial charge in [-0.25, -0.2) is 4.79 Å². The van der Waals surface area contributed by atoms with Crippen LogP contribution in [0.5, 0.6) is 11.5 Å². The van der Waals surface area contributed by atoms with Crippen LogP contribution in [0.25, 0.3) is 0 Å². The van der Waals surface area contributed by atoms with Crippen molar-refractivity contribution in [1.82, 2.24) is 0 Å². The Balaban J connectivity index is 1.70. The quantitative estimate of drug-likeness (QED) is 0.629. The first kappa shape index (κ1) is 19.6. The summed E-state index contributed by atoms with van der Waals surface area (Å²) >= 11 is 0. The van der Waals surface area contributed by atoms with Gasteiger partial charge < -0.3 is 14.8 Å².